The average molecular weight is 399 g/mol. The highest BCUT2D eigenvalue weighted by Gasteiger charge is 2.22. The molecule has 2 heterocycles. The third kappa shape index (κ3) is 4.78. The number of rotatable bonds is 4. The summed E-state index contributed by atoms with van der Waals surface area (Å²) in [5.74, 6) is 0.485. The largest absolute Gasteiger partial charge is 0.354 e. The van der Waals surface area contributed by atoms with Gasteiger partial charge in [-0.2, -0.15) is 5.26 Å². The number of benzene rings is 1. The van der Waals surface area contributed by atoms with Gasteiger partial charge in [0, 0.05) is 43.6 Å². The molecule has 9 heteroatoms. The standard InChI is InChI=1S/C19H21N5O3S/c1-28(26,27)22-17-7-2-5-15(13-17)19(25)24-10-4-9-23(11-12-24)18-16(14-20)6-3-8-21-18/h2-3,5-8,13,22H,4,9-12H2,1H3. The molecule has 1 aliphatic heterocycles. The Morgan fingerprint density at radius 1 is 1.18 bits per heavy atom. The van der Waals surface area contributed by atoms with E-state index in [2.05, 4.69) is 15.8 Å². The number of hydrogen-bond acceptors (Lipinski definition) is 6. The molecule has 8 nitrogen and oxygen atoms in total. The highest BCUT2D eigenvalue weighted by molar-refractivity contribution is 7.92. The van der Waals surface area contributed by atoms with Gasteiger partial charge in [-0.15, -0.1) is 0 Å². The summed E-state index contributed by atoms with van der Waals surface area (Å²) < 4.78 is 25.2. The van der Waals surface area contributed by atoms with Crippen LogP contribution in [0.15, 0.2) is 42.6 Å². The molecule has 0 radical (unpaired) electrons. The van der Waals surface area contributed by atoms with Gasteiger partial charge in [0.2, 0.25) is 10.0 Å². The van der Waals surface area contributed by atoms with Gasteiger partial charge in [-0.25, -0.2) is 13.4 Å². The Morgan fingerprint density at radius 2 is 2.00 bits per heavy atom. The number of nitrogens with zero attached hydrogens (tertiary/aromatic N) is 4. The molecule has 0 unspecified atom stereocenters. The average Bonchev–Trinajstić information content (AvgIpc) is 2.92. The molecule has 1 N–H and O–H groups in total. The number of amides is 1. The van der Waals surface area contributed by atoms with E-state index in [1.807, 2.05) is 4.90 Å². The molecule has 0 atom stereocenters. The number of aromatic nitrogens is 1. The first-order valence-electron chi connectivity index (χ1n) is 8.84. The molecule has 146 valence electrons. The number of nitriles is 1. The maximum Gasteiger partial charge on any atom is 0.253 e. The van der Waals surface area contributed by atoms with E-state index in [0.717, 1.165) is 12.7 Å². The Morgan fingerprint density at radius 3 is 2.75 bits per heavy atom. The van der Waals surface area contributed by atoms with Crippen LogP contribution in [-0.4, -0.2) is 56.6 Å². The molecule has 0 saturated carbocycles. The Balaban J connectivity index is 1.73. The summed E-state index contributed by atoms with van der Waals surface area (Å²) in [4.78, 5) is 21.0. The van der Waals surface area contributed by atoms with Crippen molar-refractivity contribution in [3.63, 3.8) is 0 Å². The van der Waals surface area contributed by atoms with Crippen LogP contribution in [0.5, 0.6) is 0 Å². The number of anilines is 2. The van der Waals surface area contributed by atoms with Crippen molar-refractivity contribution in [3.8, 4) is 6.07 Å². The number of nitrogens with one attached hydrogen (secondary N) is 1. The van der Waals surface area contributed by atoms with Gasteiger partial charge >= 0.3 is 0 Å². The SMILES string of the molecule is CS(=O)(=O)Nc1cccc(C(=O)N2CCCN(c3ncccc3C#N)CC2)c1. The van der Waals surface area contributed by atoms with Gasteiger partial charge < -0.3 is 9.80 Å². The first-order valence-corrected chi connectivity index (χ1v) is 10.7. The van der Waals surface area contributed by atoms with Gasteiger partial charge in [-0.3, -0.25) is 9.52 Å². The molecule has 2 aromatic rings. The number of hydrogen-bond donors (Lipinski definition) is 1. The Bertz CT molecular complexity index is 1020. The molecule has 0 bridgehead atoms. The maximum atomic E-state index is 12.9. The first kappa shape index (κ1) is 19.6. The Kier molecular flexibility index (Phi) is 5.80. The topological polar surface area (TPSA) is 106 Å². The molecule has 28 heavy (non-hydrogen) atoms. The van der Waals surface area contributed by atoms with E-state index in [1.54, 1.807) is 47.5 Å². The summed E-state index contributed by atoms with van der Waals surface area (Å²) in [7, 11) is -3.41. The monoisotopic (exact) mass is 399 g/mol. The number of carbonyl (C=O) groups excluding carboxylic acids is 1. The van der Waals surface area contributed by atoms with Crippen molar-refractivity contribution < 1.29 is 13.2 Å². The van der Waals surface area contributed by atoms with Crippen LogP contribution >= 0.6 is 0 Å². The van der Waals surface area contributed by atoms with Crippen molar-refractivity contribution in [1.82, 2.24) is 9.88 Å². The first-order chi connectivity index (χ1) is 13.4. The summed E-state index contributed by atoms with van der Waals surface area (Å²) in [6.45, 7) is 2.33. The molecule has 1 fully saturated rings. The summed E-state index contributed by atoms with van der Waals surface area (Å²) >= 11 is 0. The Hall–Kier alpha value is -3.12. The second-order valence-corrected chi connectivity index (χ2v) is 8.32. The van der Waals surface area contributed by atoms with Crippen molar-refractivity contribution in [2.45, 2.75) is 6.42 Å². The molecular formula is C19H21N5O3S. The van der Waals surface area contributed by atoms with Crippen LogP contribution in [0.1, 0.15) is 22.3 Å². The fourth-order valence-electron chi connectivity index (χ4n) is 3.18. The van der Waals surface area contributed by atoms with Crippen molar-refractivity contribution >= 4 is 27.4 Å². The van der Waals surface area contributed by atoms with Crippen molar-refractivity contribution in [2.24, 2.45) is 0 Å². The number of sulfonamides is 1. The zero-order chi connectivity index (χ0) is 20.1. The Labute approximate surface area is 164 Å². The van der Waals surface area contributed by atoms with Crippen molar-refractivity contribution in [1.29, 1.82) is 5.26 Å². The number of pyridine rings is 1. The third-order valence-corrected chi connectivity index (χ3v) is 5.01. The fraction of sp³-hybridized carbons (Fsp3) is 0.316. The summed E-state index contributed by atoms with van der Waals surface area (Å²) in [5.41, 5.74) is 1.30. The normalized spacial score (nSPS) is 14.9. The van der Waals surface area contributed by atoms with E-state index < -0.39 is 10.0 Å². The zero-order valence-corrected chi connectivity index (χ0v) is 16.3. The van der Waals surface area contributed by atoms with E-state index in [-0.39, 0.29) is 5.91 Å². The van der Waals surface area contributed by atoms with Crippen molar-refractivity contribution in [3.05, 3.63) is 53.7 Å². The minimum absolute atomic E-state index is 0.152. The second kappa shape index (κ2) is 8.27. The predicted molar refractivity (Wildman–Crippen MR) is 107 cm³/mol. The lowest BCUT2D eigenvalue weighted by Crippen LogP contribution is -2.35. The van der Waals surface area contributed by atoms with E-state index >= 15 is 0 Å². The lowest BCUT2D eigenvalue weighted by Gasteiger charge is -2.23. The smallest absolute Gasteiger partial charge is 0.253 e. The molecular weight excluding hydrogens is 378 g/mol. The van der Waals surface area contributed by atoms with Crippen LogP contribution in [0.2, 0.25) is 0 Å². The molecule has 1 aromatic heterocycles. The third-order valence-electron chi connectivity index (χ3n) is 4.40. The number of carbonyl (C=O) groups is 1. The summed E-state index contributed by atoms with van der Waals surface area (Å²) in [5, 5.41) is 9.28. The molecule has 3 rings (SSSR count). The van der Waals surface area contributed by atoms with E-state index in [0.29, 0.717) is 48.8 Å². The van der Waals surface area contributed by atoms with Gasteiger partial charge in [0.25, 0.3) is 5.91 Å². The fourth-order valence-corrected chi connectivity index (χ4v) is 3.74. The van der Waals surface area contributed by atoms with E-state index in [4.69, 9.17) is 0 Å². The highest BCUT2D eigenvalue weighted by atomic mass is 32.2. The van der Waals surface area contributed by atoms with Gasteiger partial charge in [-0.05, 0) is 36.8 Å². The van der Waals surface area contributed by atoms with Gasteiger partial charge in [0.1, 0.15) is 11.9 Å². The van der Waals surface area contributed by atoms with E-state index in [9.17, 15) is 18.5 Å². The van der Waals surface area contributed by atoms with Crippen LogP contribution in [-0.2, 0) is 10.0 Å². The van der Waals surface area contributed by atoms with Gasteiger partial charge in [0.15, 0.2) is 0 Å². The predicted octanol–water partition coefficient (Wildman–Crippen LogP) is 1.68. The highest BCUT2D eigenvalue weighted by Crippen LogP contribution is 2.20. The summed E-state index contributed by atoms with van der Waals surface area (Å²) in [6.07, 6.45) is 3.47. The molecule has 1 saturated heterocycles. The van der Waals surface area contributed by atoms with Crippen LogP contribution in [0.3, 0.4) is 0 Å². The lowest BCUT2D eigenvalue weighted by molar-refractivity contribution is 0.0767. The minimum Gasteiger partial charge on any atom is -0.354 e. The lowest BCUT2D eigenvalue weighted by atomic mass is 10.1. The van der Waals surface area contributed by atoms with Crippen molar-refractivity contribution in [2.75, 3.05) is 42.1 Å². The second-order valence-electron chi connectivity index (χ2n) is 6.57. The quantitative estimate of drug-likeness (QED) is 0.838. The molecule has 1 aromatic carbocycles. The zero-order valence-electron chi connectivity index (χ0n) is 15.5. The summed E-state index contributed by atoms with van der Waals surface area (Å²) in [6, 6.07) is 12.1. The minimum atomic E-state index is -3.41. The van der Waals surface area contributed by atoms with Crippen LogP contribution < -0.4 is 9.62 Å². The van der Waals surface area contributed by atoms with Gasteiger partial charge in [-0.1, -0.05) is 6.07 Å². The van der Waals surface area contributed by atoms with Crippen LogP contribution in [0.25, 0.3) is 0 Å². The van der Waals surface area contributed by atoms with E-state index in [1.165, 1.54) is 0 Å². The molecule has 0 aliphatic carbocycles. The molecule has 0 spiro atoms. The molecule has 1 amide bonds. The van der Waals surface area contributed by atoms with Crippen LogP contribution in [0.4, 0.5) is 11.5 Å². The maximum absolute atomic E-state index is 12.9. The van der Waals surface area contributed by atoms with Crippen LogP contribution in [0, 0.1) is 11.3 Å². The van der Waals surface area contributed by atoms with Gasteiger partial charge in [0.05, 0.1) is 11.8 Å². The molecule has 1 aliphatic rings.